The molecule has 2 aromatic heterocycles. The number of hydrogen-bond donors (Lipinski definition) is 1. The predicted molar refractivity (Wildman–Crippen MR) is 70.7 cm³/mol. The van der Waals surface area contributed by atoms with Crippen molar-refractivity contribution in [1.82, 2.24) is 10.3 Å². The van der Waals surface area contributed by atoms with Crippen molar-refractivity contribution >= 4 is 16.8 Å². The van der Waals surface area contributed by atoms with Crippen LogP contribution in [0.4, 0.5) is 5.82 Å². The van der Waals surface area contributed by atoms with Gasteiger partial charge in [0.1, 0.15) is 11.4 Å². The maximum Gasteiger partial charge on any atom is 0.140 e. The molecule has 4 heteroatoms. The Morgan fingerprint density at radius 2 is 2.33 bits per heavy atom. The number of hydrogen-bond acceptors (Lipinski definition) is 4. The summed E-state index contributed by atoms with van der Waals surface area (Å²) in [5.74, 6) is 1.88. The maximum atomic E-state index is 5.48. The van der Waals surface area contributed by atoms with Gasteiger partial charge in [-0.1, -0.05) is 0 Å². The Hall–Kier alpha value is -1.55. The molecule has 0 aromatic carbocycles. The Balaban J connectivity index is 1.79. The first-order valence-corrected chi connectivity index (χ1v) is 6.73. The second-order valence-corrected chi connectivity index (χ2v) is 5.29. The minimum absolute atomic E-state index is 0.603. The van der Waals surface area contributed by atoms with Gasteiger partial charge in [-0.05, 0) is 30.9 Å². The number of piperidine rings is 1. The van der Waals surface area contributed by atoms with Crippen LogP contribution in [0.2, 0.25) is 0 Å². The van der Waals surface area contributed by atoms with E-state index in [9.17, 15) is 0 Å². The number of aromatic nitrogens is 1. The maximum absolute atomic E-state index is 5.48. The molecule has 0 amide bonds. The Morgan fingerprint density at radius 1 is 1.33 bits per heavy atom. The minimum Gasteiger partial charge on any atom is -0.464 e. The lowest BCUT2D eigenvalue weighted by Crippen LogP contribution is -2.45. The molecule has 18 heavy (non-hydrogen) atoms. The van der Waals surface area contributed by atoms with Gasteiger partial charge < -0.3 is 14.6 Å². The lowest BCUT2D eigenvalue weighted by molar-refractivity contribution is 0.384. The molecular weight excluding hydrogens is 226 g/mol. The van der Waals surface area contributed by atoms with E-state index in [-0.39, 0.29) is 0 Å². The monoisotopic (exact) mass is 243 g/mol. The van der Waals surface area contributed by atoms with Gasteiger partial charge in [0.25, 0.3) is 0 Å². The molecule has 4 rings (SSSR count). The van der Waals surface area contributed by atoms with Crippen molar-refractivity contribution in [2.45, 2.75) is 18.9 Å². The summed E-state index contributed by atoms with van der Waals surface area (Å²) in [6.45, 7) is 3.35. The number of nitrogens with one attached hydrogen (secondary N) is 1. The van der Waals surface area contributed by atoms with Crippen LogP contribution in [-0.2, 0) is 0 Å². The predicted octanol–water partition coefficient (Wildman–Crippen LogP) is 2.02. The molecule has 0 bridgehead atoms. The molecule has 4 heterocycles. The summed E-state index contributed by atoms with van der Waals surface area (Å²) >= 11 is 0. The second-order valence-electron chi connectivity index (χ2n) is 5.29. The van der Waals surface area contributed by atoms with Crippen LogP contribution in [0, 0.1) is 5.92 Å². The molecule has 0 aliphatic carbocycles. The van der Waals surface area contributed by atoms with Gasteiger partial charge in [0.15, 0.2) is 0 Å². The molecule has 2 unspecified atom stereocenters. The van der Waals surface area contributed by atoms with Crippen LogP contribution in [-0.4, -0.2) is 30.7 Å². The van der Waals surface area contributed by atoms with Crippen molar-refractivity contribution in [3.8, 4) is 0 Å². The molecule has 94 valence electrons. The summed E-state index contributed by atoms with van der Waals surface area (Å²) in [4.78, 5) is 7.08. The first kappa shape index (κ1) is 10.4. The van der Waals surface area contributed by atoms with E-state index in [1.807, 2.05) is 18.3 Å². The first-order valence-electron chi connectivity index (χ1n) is 6.73. The van der Waals surface area contributed by atoms with Gasteiger partial charge in [0.2, 0.25) is 0 Å². The smallest absolute Gasteiger partial charge is 0.140 e. The van der Waals surface area contributed by atoms with E-state index in [0.29, 0.717) is 6.04 Å². The molecule has 4 nitrogen and oxygen atoms in total. The van der Waals surface area contributed by atoms with Crippen LogP contribution in [0.1, 0.15) is 12.8 Å². The molecule has 2 atom stereocenters. The van der Waals surface area contributed by atoms with Crippen LogP contribution in [0.25, 0.3) is 11.0 Å². The largest absolute Gasteiger partial charge is 0.464 e. The standard InChI is InChI=1S/C14H17N3O/c1-2-10-8-15-9-12(10)17(6-1)14-11-4-7-18-13(11)3-5-16-14/h3-5,7,10,12,15H,1-2,6,8-9H2. The number of fused-ring (bicyclic) bond motifs is 2. The number of pyridine rings is 1. The van der Waals surface area contributed by atoms with E-state index in [1.54, 1.807) is 6.26 Å². The lowest BCUT2D eigenvalue weighted by atomic mass is 9.92. The number of anilines is 1. The van der Waals surface area contributed by atoms with Crippen molar-refractivity contribution in [2.24, 2.45) is 5.92 Å². The molecule has 1 N–H and O–H groups in total. The fourth-order valence-electron chi connectivity index (χ4n) is 3.44. The van der Waals surface area contributed by atoms with Crippen molar-refractivity contribution in [3.05, 3.63) is 24.6 Å². The SMILES string of the molecule is c1cc2occc2c(N2CCCC3CNCC32)n1. The van der Waals surface area contributed by atoms with Crippen molar-refractivity contribution in [1.29, 1.82) is 0 Å². The van der Waals surface area contributed by atoms with Gasteiger partial charge in [-0.2, -0.15) is 0 Å². The average molecular weight is 243 g/mol. The molecule has 2 aliphatic rings. The summed E-state index contributed by atoms with van der Waals surface area (Å²) in [6.07, 6.45) is 6.21. The van der Waals surface area contributed by atoms with Crippen LogP contribution < -0.4 is 10.2 Å². The summed E-state index contributed by atoms with van der Waals surface area (Å²) in [6, 6.07) is 4.57. The topological polar surface area (TPSA) is 41.3 Å². The summed E-state index contributed by atoms with van der Waals surface area (Å²) in [7, 11) is 0. The lowest BCUT2D eigenvalue weighted by Gasteiger charge is -2.38. The Kier molecular flexibility index (Phi) is 2.30. The van der Waals surface area contributed by atoms with Crippen LogP contribution in [0.15, 0.2) is 29.0 Å². The third-order valence-corrected chi connectivity index (χ3v) is 4.31. The highest BCUT2D eigenvalue weighted by Crippen LogP contribution is 2.33. The normalized spacial score (nSPS) is 27.7. The molecule has 2 fully saturated rings. The second kappa shape index (κ2) is 3.99. The molecule has 0 spiro atoms. The zero-order valence-electron chi connectivity index (χ0n) is 10.3. The average Bonchev–Trinajstić information content (AvgIpc) is 3.06. The third kappa shape index (κ3) is 1.45. The third-order valence-electron chi connectivity index (χ3n) is 4.31. The van der Waals surface area contributed by atoms with Gasteiger partial charge in [-0.3, -0.25) is 0 Å². The Bertz CT molecular complexity index is 565. The van der Waals surface area contributed by atoms with E-state index < -0.39 is 0 Å². The highest BCUT2D eigenvalue weighted by Gasteiger charge is 2.36. The molecule has 2 saturated heterocycles. The molecule has 2 aromatic rings. The highest BCUT2D eigenvalue weighted by atomic mass is 16.3. The van der Waals surface area contributed by atoms with Gasteiger partial charge >= 0.3 is 0 Å². The Morgan fingerprint density at radius 3 is 3.33 bits per heavy atom. The first-order chi connectivity index (χ1) is 8.93. The fourth-order valence-corrected chi connectivity index (χ4v) is 3.44. The Labute approximate surface area is 106 Å². The summed E-state index contributed by atoms with van der Waals surface area (Å²) < 4.78 is 5.48. The molecule has 2 aliphatic heterocycles. The zero-order chi connectivity index (χ0) is 11.9. The number of furan rings is 1. The highest BCUT2D eigenvalue weighted by molar-refractivity contribution is 5.88. The number of nitrogens with zero attached hydrogens (tertiary/aromatic N) is 2. The minimum atomic E-state index is 0.603. The summed E-state index contributed by atoms with van der Waals surface area (Å²) in [5.41, 5.74) is 0.938. The van der Waals surface area contributed by atoms with Gasteiger partial charge in [-0.25, -0.2) is 4.98 Å². The summed E-state index contributed by atoms with van der Waals surface area (Å²) in [5, 5.41) is 4.66. The van der Waals surface area contributed by atoms with Gasteiger partial charge in [0, 0.05) is 31.9 Å². The van der Waals surface area contributed by atoms with Crippen molar-refractivity contribution < 1.29 is 4.42 Å². The zero-order valence-corrected chi connectivity index (χ0v) is 10.3. The van der Waals surface area contributed by atoms with E-state index in [2.05, 4.69) is 15.2 Å². The van der Waals surface area contributed by atoms with Crippen molar-refractivity contribution in [2.75, 3.05) is 24.5 Å². The van der Waals surface area contributed by atoms with E-state index >= 15 is 0 Å². The van der Waals surface area contributed by atoms with Gasteiger partial charge in [0.05, 0.1) is 11.6 Å². The van der Waals surface area contributed by atoms with E-state index in [0.717, 1.165) is 42.3 Å². The van der Waals surface area contributed by atoms with E-state index in [1.165, 1.54) is 12.8 Å². The quantitative estimate of drug-likeness (QED) is 0.832. The number of rotatable bonds is 1. The van der Waals surface area contributed by atoms with Crippen LogP contribution >= 0.6 is 0 Å². The van der Waals surface area contributed by atoms with Gasteiger partial charge in [-0.15, -0.1) is 0 Å². The molecule has 0 radical (unpaired) electrons. The van der Waals surface area contributed by atoms with Crippen molar-refractivity contribution in [3.63, 3.8) is 0 Å². The van der Waals surface area contributed by atoms with Crippen LogP contribution in [0.3, 0.4) is 0 Å². The molecular formula is C14H17N3O. The van der Waals surface area contributed by atoms with Crippen LogP contribution in [0.5, 0.6) is 0 Å². The van der Waals surface area contributed by atoms with E-state index in [4.69, 9.17) is 4.42 Å². The molecule has 0 saturated carbocycles. The fraction of sp³-hybridized carbons (Fsp3) is 0.500.